The summed E-state index contributed by atoms with van der Waals surface area (Å²) in [7, 11) is 0. The first-order valence-electron chi connectivity index (χ1n) is 5.65. The van der Waals surface area contributed by atoms with Gasteiger partial charge >= 0.3 is 6.18 Å². The molecule has 0 radical (unpaired) electrons. The first-order valence-corrected chi connectivity index (χ1v) is 5.65. The van der Waals surface area contributed by atoms with Gasteiger partial charge in [-0.1, -0.05) is 24.3 Å². The Hall–Kier alpha value is -2.10. The summed E-state index contributed by atoms with van der Waals surface area (Å²) < 4.78 is 37.4. The molecule has 0 bridgehead atoms. The number of hydrogen-bond donors (Lipinski definition) is 0. The molecule has 19 heavy (non-hydrogen) atoms. The summed E-state index contributed by atoms with van der Waals surface area (Å²) in [5.74, 6) is 0. The third-order valence-electron chi connectivity index (χ3n) is 2.92. The van der Waals surface area contributed by atoms with Crippen molar-refractivity contribution in [1.82, 2.24) is 0 Å². The lowest BCUT2D eigenvalue weighted by molar-refractivity contribution is -0.137. The topological polar surface area (TPSA) is 17.1 Å². The van der Waals surface area contributed by atoms with Crippen molar-refractivity contribution >= 4 is 6.29 Å². The van der Waals surface area contributed by atoms with Crippen LogP contribution in [0, 0.1) is 6.92 Å². The fraction of sp³-hybridized carbons (Fsp3) is 0.133. The summed E-state index contributed by atoms with van der Waals surface area (Å²) in [5, 5.41) is 0. The highest BCUT2D eigenvalue weighted by Crippen LogP contribution is 2.31. The van der Waals surface area contributed by atoms with Crippen LogP contribution in [0.15, 0.2) is 42.5 Å². The van der Waals surface area contributed by atoms with Crippen molar-refractivity contribution in [2.24, 2.45) is 0 Å². The summed E-state index contributed by atoms with van der Waals surface area (Å²) in [5.41, 5.74) is 2.15. The van der Waals surface area contributed by atoms with E-state index in [1.54, 1.807) is 18.2 Å². The van der Waals surface area contributed by atoms with Crippen LogP contribution >= 0.6 is 0 Å². The van der Waals surface area contributed by atoms with E-state index in [4.69, 9.17) is 0 Å². The minimum Gasteiger partial charge on any atom is -0.298 e. The largest absolute Gasteiger partial charge is 0.416 e. The van der Waals surface area contributed by atoms with Gasteiger partial charge in [-0.15, -0.1) is 0 Å². The molecule has 0 N–H and O–H groups in total. The van der Waals surface area contributed by atoms with Gasteiger partial charge in [0, 0.05) is 5.56 Å². The summed E-state index contributed by atoms with van der Waals surface area (Å²) in [4.78, 5) is 10.7. The van der Waals surface area contributed by atoms with Crippen LogP contribution in [0.5, 0.6) is 0 Å². The van der Waals surface area contributed by atoms with Crippen LogP contribution in [0.4, 0.5) is 13.2 Å². The normalized spacial score (nSPS) is 11.4. The Morgan fingerprint density at radius 1 is 1.00 bits per heavy atom. The Balaban J connectivity index is 2.45. The number of halogens is 3. The van der Waals surface area contributed by atoms with Crippen molar-refractivity contribution in [3.8, 4) is 11.1 Å². The molecule has 98 valence electrons. The Morgan fingerprint density at radius 2 is 1.63 bits per heavy atom. The monoisotopic (exact) mass is 264 g/mol. The van der Waals surface area contributed by atoms with Gasteiger partial charge in [-0.05, 0) is 41.8 Å². The number of carbonyl (C=O) groups excluding carboxylic acids is 1. The smallest absolute Gasteiger partial charge is 0.298 e. The van der Waals surface area contributed by atoms with Gasteiger partial charge in [0.1, 0.15) is 6.29 Å². The maximum Gasteiger partial charge on any atom is 0.416 e. The minimum absolute atomic E-state index is 0.500. The Labute approximate surface area is 108 Å². The third-order valence-corrected chi connectivity index (χ3v) is 2.92. The van der Waals surface area contributed by atoms with E-state index in [9.17, 15) is 18.0 Å². The first kappa shape index (κ1) is 13.3. The highest BCUT2D eigenvalue weighted by Gasteiger charge is 2.29. The first-order chi connectivity index (χ1) is 8.91. The van der Waals surface area contributed by atoms with E-state index in [2.05, 4.69) is 0 Å². The molecule has 0 amide bonds. The van der Waals surface area contributed by atoms with Crippen LogP contribution in [0.2, 0.25) is 0 Å². The summed E-state index contributed by atoms with van der Waals surface area (Å²) >= 11 is 0. The molecule has 0 fully saturated rings. The summed E-state index contributed by atoms with van der Waals surface area (Å²) in [6.07, 6.45) is -3.62. The van der Waals surface area contributed by atoms with Crippen molar-refractivity contribution < 1.29 is 18.0 Å². The second-order valence-electron chi connectivity index (χ2n) is 4.27. The average Bonchev–Trinajstić information content (AvgIpc) is 2.38. The van der Waals surface area contributed by atoms with Gasteiger partial charge < -0.3 is 0 Å². The van der Waals surface area contributed by atoms with Crippen LogP contribution < -0.4 is 0 Å². The van der Waals surface area contributed by atoms with Crippen molar-refractivity contribution in [3.05, 3.63) is 59.2 Å². The molecule has 1 nitrogen and oxygen atoms in total. The quantitative estimate of drug-likeness (QED) is 0.730. The molecule has 0 aliphatic carbocycles. The highest BCUT2D eigenvalue weighted by molar-refractivity contribution is 5.80. The Kier molecular flexibility index (Phi) is 3.42. The molecule has 2 aromatic carbocycles. The minimum atomic E-state index is -4.34. The van der Waals surface area contributed by atoms with Crippen molar-refractivity contribution in [2.75, 3.05) is 0 Å². The molecule has 0 aliphatic heterocycles. The lowest BCUT2D eigenvalue weighted by atomic mass is 9.97. The molecule has 0 saturated carbocycles. The van der Waals surface area contributed by atoms with Crippen LogP contribution in [0.25, 0.3) is 11.1 Å². The van der Waals surface area contributed by atoms with Crippen molar-refractivity contribution in [3.63, 3.8) is 0 Å². The fourth-order valence-corrected chi connectivity index (χ4v) is 1.86. The predicted molar refractivity (Wildman–Crippen MR) is 67.0 cm³/mol. The number of alkyl halides is 3. The van der Waals surface area contributed by atoms with Gasteiger partial charge in [0.2, 0.25) is 0 Å². The van der Waals surface area contributed by atoms with Gasteiger partial charge in [0.25, 0.3) is 0 Å². The zero-order chi connectivity index (χ0) is 14.0. The van der Waals surface area contributed by atoms with Crippen LogP contribution in [-0.4, -0.2) is 6.29 Å². The van der Waals surface area contributed by atoms with Crippen LogP contribution in [-0.2, 0) is 6.18 Å². The van der Waals surface area contributed by atoms with Crippen LogP contribution in [0.3, 0.4) is 0 Å². The van der Waals surface area contributed by atoms with E-state index >= 15 is 0 Å². The second kappa shape index (κ2) is 4.88. The fourth-order valence-electron chi connectivity index (χ4n) is 1.86. The molecule has 0 spiro atoms. The number of carbonyl (C=O) groups is 1. The summed E-state index contributed by atoms with van der Waals surface area (Å²) in [6.45, 7) is 1.85. The molecule has 0 heterocycles. The van der Waals surface area contributed by atoms with Crippen LogP contribution in [0.1, 0.15) is 21.5 Å². The van der Waals surface area contributed by atoms with Crippen molar-refractivity contribution in [1.29, 1.82) is 0 Å². The van der Waals surface area contributed by atoms with Gasteiger partial charge in [0.05, 0.1) is 5.56 Å². The standard InChI is InChI=1S/C15H11F3O/c1-10-2-3-11(9-19)8-14(10)12-4-6-13(7-5-12)15(16,17)18/h2-9H,1H3. The lowest BCUT2D eigenvalue weighted by Gasteiger charge is -2.10. The van der Waals surface area contributed by atoms with E-state index in [-0.39, 0.29) is 0 Å². The molecule has 0 aromatic heterocycles. The SMILES string of the molecule is Cc1ccc(C=O)cc1-c1ccc(C(F)(F)F)cc1. The molecule has 0 saturated heterocycles. The maximum atomic E-state index is 12.5. The zero-order valence-corrected chi connectivity index (χ0v) is 10.2. The zero-order valence-electron chi connectivity index (χ0n) is 10.2. The maximum absolute atomic E-state index is 12.5. The molecular weight excluding hydrogens is 253 g/mol. The van der Waals surface area contributed by atoms with Gasteiger partial charge in [-0.3, -0.25) is 4.79 Å². The van der Waals surface area contributed by atoms with E-state index in [1.807, 2.05) is 6.92 Å². The van der Waals surface area contributed by atoms with Gasteiger partial charge in [0.15, 0.2) is 0 Å². The molecule has 0 aliphatic rings. The predicted octanol–water partition coefficient (Wildman–Crippen LogP) is 4.49. The number of aldehydes is 1. The Bertz CT molecular complexity index is 598. The molecule has 2 rings (SSSR count). The molecule has 4 heteroatoms. The second-order valence-corrected chi connectivity index (χ2v) is 4.27. The van der Waals surface area contributed by atoms with E-state index in [0.717, 1.165) is 23.3 Å². The van der Waals surface area contributed by atoms with E-state index in [1.165, 1.54) is 12.1 Å². The number of hydrogen-bond acceptors (Lipinski definition) is 1. The summed E-state index contributed by atoms with van der Waals surface area (Å²) in [6, 6.07) is 10.0. The van der Waals surface area contributed by atoms with E-state index < -0.39 is 11.7 Å². The van der Waals surface area contributed by atoms with E-state index in [0.29, 0.717) is 17.4 Å². The molecule has 2 aromatic rings. The number of rotatable bonds is 2. The van der Waals surface area contributed by atoms with Crippen molar-refractivity contribution in [2.45, 2.75) is 13.1 Å². The van der Waals surface area contributed by atoms with Gasteiger partial charge in [-0.25, -0.2) is 0 Å². The number of aryl methyl sites for hydroxylation is 1. The molecule has 0 atom stereocenters. The lowest BCUT2D eigenvalue weighted by Crippen LogP contribution is -2.04. The average molecular weight is 264 g/mol. The van der Waals surface area contributed by atoms with Gasteiger partial charge in [-0.2, -0.15) is 13.2 Å². The molecular formula is C15H11F3O. The molecule has 0 unspecified atom stereocenters. The highest BCUT2D eigenvalue weighted by atomic mass is 19.4. The third kappa shape index (κ3) is 2.84. The Morgan fingerprint density at radius 3 is 2.16 bits per heavy atom. The number of benzene rings is 2.